The largest absolute Gasteiger partial charge is 0.466 e. The SMILES string of the molecule is CCOC(=O)[C@H]1C[C@H]([Si](CC)(CC)CC)[C@H]2CN(S(=O)(=O)c3ccc(C)cc3)CC[C@H]21. The van der Waals surface area contributed by atoms with Gasteiger partial charge >= 0.3 is 5.97 Å². The first kappa shape index (κ1) is 24.5. The Kier molecular flexibility index (Phi) is 7.69. The molecular formula is C24H39NO4SSi. The van der Waals surface area contributed by atoms with Crippen LogP contribution in [0.15, 0.2) is 29.2 Å². The van der Waals surface area contributed by atoms with Crippen molar-refractivity contribution < 1.29 is 17.9 Å². The number of carbonyl (C=O) groups excluding carboxylic acids is 1. The Labute approximate surface area is 189 Å². The fourth-order valence-corrected chi connectivity index (χ4v) is 12.9. The number of sulfonamides is 1. The lowest BCUT2D eigenvalue weighted by molar-refractivity contribution is -0.149. The molecule has 4 atom stereocenters. The molecule has 0 amide bonds. The molecule has 1 heterocycles. The number of benzene rings is 1. The number of piperidine rings is 1. The third-order valence-electron chi connectivity index (χ3n) is 8.36. The van der Waals surface area contributed by atoms with Crippen LogP contribution in [0.3, 0.4) is 0 Å². The highest BCUT2D eigenvalue weighted by molar-refractivity contribution is 7.89. The van der Waals surface area contributed by atoms with Gasteiger partial charge in [-0.2, -0.15) is 4.31 Å². The molecule has 7 heteroatoms. The van der Waals surface area contributed by atoms with Crippen LogP contribution >= 0.6 is 0 Å². The minimum Gasteiger partial charge on any atom is -0.466 e. The number of carbonyl (C=O) groups is 1. The molecular weight excluding hydrogens is 426 g/mol. The van der Waals surface area contributed by atoms with E-state index >= 15 is 0 Å². The van der Waals surface area contributed by atoms with Gasteiger partial charge in [0, 0.05) is 13.1 Å². The minimum absolute atomic E-state index is 0.0685. The second kappa shape index (κ2) is 9.75. The third kappa shape index (κ3) is 4.51. The standard InChI is InChI=1S/C24H39NO4SSi/c1-6-29-24(26)21-16-23(31(7-2,8-3)9-4)22-17-25(15-14-20(21)22)30(27,28)19-12-10-18(5)11-13-19/h10-13,20-23H,6-9,14-17H2,1-5H3/t20-,21-,22-,23-/m0/s1. The van der Waals surface area contributed by atoms with E-state index in [0.29, 0.717) is 30.1 Å². The number of esters is 1. The molecule has 1 aromatic carbocycles. The zero-order valence-corrected chi connectivity index (χ0v) is 21.6. The highest BCUT2D eigenvalue weighted by Gasteiger charge is 2.56. The molecule has 5 nitrogen and oxygen atoms in total. The van der Waals surface area contributed by atoms with Gasteiger partial charge in [-0.05, 0) is 56.2 Å². The van der Waals surface area contributed by atoms with Crippen LogP contribution in [0.5, 0.6) is 0 Å². The fourth-order valence-electron chi connectivity index (χ4n) is 6.36. The van der Waals surface area contributed by atoms with Gasteiger partial charge in [-0.15, -0.1) is 0 Å². The summed E-state index contributed by atoms with van der Waals surface area (Å²) < 4.78 is 34.0. The van der Waals surface area contributed by atoms with Crippen molar-refractivity contribution in [3.05, 3.63) is 29.8 Å². The average Bonchev–Trinajstić information content (AvgIpc) is 3.16. The molecule has 0 aromatic heterocycles. The number of rotatable bonds is 8. The topological polar surface area (TPSA) is 63.7 Å². The van der Waals surface area contributed by atoms with Crippen LogP contribution in [0.1, 0.15) is 46.1 Å². The molecule has 0 N–H and O–H groups in total. The van der Waals surface area contributed by atoms with Crippen molar-refractivity contribution in [3.8, 4) is 0 Å². The quantitative estimate of drug-likeness (QED) is 0.396. The summed E-state index contributed by atoms with van der Waals surface area (Å²) in [7, 11) is -5.13. The molecule has 1 saturated carbocycles. The van der Waals surface area contributed by atoms with Crippen molar-refractivity contribution >= 4 is 24.1 Å². The van der Waals surface area contributed by atoms with E-state index in [0.717, 1.165) is 18.4 Å². The van der Waals surface area contributed by atoms with Crippen LogP contribution in [0.25, 0.3) is 0 Å². The highest BCUT2D eigenvalue weighted by Crippen LogP contribution is 2.56. The van der Waals surface area contributed by atoms with Crippen molar-refractivity contribution in [1.29, 1.82) is 0 Å². The molecule has 2 fully saturated rings. The summed E-state index contributed by atoms with van der Waals surface area (Å²) in [6.07, 6.45) is 1.63. The second-order valence-electron chi connectivity index (χ2n) is 9.42. The van der Waals surface area contributed by atoms with Gasteiger partial charge in [0.05, 0.1) is 25.5 Å². The van der Waals surface area contributed by atoms with Crippen LogP contribution < -0.4 is 0 Å². The maximum absolute atomic E-state index is 13.4. The Morgan fingerprint density at radius 1 is 1.06 bits per heavy atom. The molecule has 1 aliphatic heterocycles. The molecule has 0 spiro atoms. The van der Waals surface area contributed by atoms with E-state index < -0.39 is 18.1 Å². The molecule has 31 heavy (non-hydrogen) atoms. The second-order valence-corrected chi connectivity index (χ2v) is 16.9. The third-order valence-corrected chi connectivity index (χ3v) is 16.7. The van der Waals surface area contributed by atoms with Crippen molar-refractivity contribution in [1.82, 2.24) is 4.31 Å². The normalized spacial score (nSPS) is 27.1. The van der Waals surface area contributed by atoms with E-state index in [1.54, 1.807) is 16.4 Å². The van der Waals surface area contributed by atoms with Gasteiger partial charge in [0.25, 0.3) is 0 Å². The van der Waals surface area contributed by atoms with E-state index in [1.165, 1.54) is 18.1 Å². The van der Waals surface area contributed by atoms with Crippen LogP contribution in [0.2, 0.25) is 23.7 Å². The van der Waals surface area contributed by atoms with E-state index in [9.17, 15) is 13.2 Å². The van der Waals surface area contributed by atoms with Gasteiger partial charge in [-0.1, -0.05) is 56.6 Å². The average molecular weight is 466 g/mol. The molecule has 2 aliphatic rings. The summed E-state index contributed by atoms with van der Waals surface area (Å²) in [5.74, 6) is 0.358. The van der Waals surface area contributed by atoms with Gasteiger partial charge in [0.15, 0.2) is 0 Å². The summed E-state index contributed by atoms with van der Waals surface area (Å²) in [5.41, 5.74) is 1.53. The number of hydrogen-bond acceptors (Lipinski definition) is 4. The molecule has 1 saturated heterocycles. The van der Waals surface area contributed by atoms with Crippen LogP contribution in [0.4, 0.5) is 0 Å². The van der Waals surface area contributed by atoms with E-state index in [1.807, 2.05) is 26.0 Å². The van der Waals surface area contributed by atoms with Crippen molar-refractivity contribution in [2.45, 2.75) is 76.0 Å². The van der Waals surface area contributed by atoms with Gasteiger partial charge in [0.2, 0.25) is 10.0 Å². The lowest BCUT2D eigenvalue weighted by atomic mass is 9.84. The molecule has 174 valence electrons. The van der Waals surface area contributed by atoms with Gasteiger partial charge < -0.3 is 4.74 Å². The van der Waals surface area contributed by atoms with Crippen molar-refractivity contribution in [2.24, 2.45) is 17.8 Å². The molecule has 0 bridgehead atoms. The predicted octanol–water partition coefficient (Wildman–Crippen LogP) is 5.08. The first-order valence-corrected chi connectivity index (χ1v) is 16.1. The fraction of sp³-hybridized carbons (Fsp3) is 0.708. The summed E-state index contributed by atoms with van der Waals surface area (Å²) >= 11 is 0. The van der Waals surface area contributed by atoms with Gasteiger partial charge in [0.1, 0.15) is 0 Å². The molecule has 0 unspecified atom stereocenters. The van der Waals surface area contributed by atoms with E-state index in [-0.39, 0.29) is 23.7 Å². The maximum atomic E-state index is 13.4. The number of aryl methyl sites for hydroxylation is 1. The van der Waals surface area contributed by atoms with Crippen LogP contribution in [0, 0.1) is 24.7 Å². The van der Waals surface area contributed by atoms with Crippen molar-refractivity contribution in [2.75, 3.05) is 19.7 Å². The summed E-state index contributed by atoms with van der Waals surface area (Å²) in [4.78, 5) is 13.2. The van der Waals surface area contributed by atoms with E-state index in [4.69, 9.17) is 4.74 Å². The lowest BCUT2D eigenvalue weighted by Crippen LogP contribution is -2.48. The zero-order valence-electron chi connectivity index (χ0n) is 19.8. The monoisotopic (exact) mass is 465 g/mol. The summed E-state index contributed by atoms with van der Waals surface area (Å²) in [6, 6.07) is 10.7. The van der Waals surface area contributed by atoms with Crippen LogP contribution in [-0.2, 0) is 19.6 Å². The van der Waals surface area contributed by atoms with Crippen LogP contribution in [-0.4, -0.2) is 46.5 Å². The molecule has 3 rings (SSSR count). The number of hydrogen-bond donors (Lipinski definition) is 0. The molecule has 0 radical (unpaired) electrons. The Hall–Kier alpha value is -1.18. The predicted molar refractivity (Wildman–Crippen MR) is 127 cm³/mol. The smallest absolute Gasteiger partial charge is 0.309 e. The van der Waals surface area contributed by atoms with Gasteiger partial charge in [-0.25, -0.2) is 8.42 Å². The summed E-state index contributed by atoms with van der Waals surface area (Å²) in [5, 5.41) is 0. The summed E-state index contributed by atoms with van der Waals surface area (Å²) in [6.45, 7) is 12.2. The molecule has 1 aliphatic carbocycles. The Balaban J connectivity index is 1.93. The van der Waals surface area contributed by atoms with Gasteiger partial charge in [-0.3, -0.25) is 4.79 Å². The Morgan fingerprint density at radius 2 is 1.68 bits per heavy atom. The number of ether oxygens (including phenoxy) is 1. The number of nitrogens with zero attached hydrogens (tertiary/aromatic N) is 1. The highest BCUT2D eigenvalue weighted by atomic mass is 32.2. The zero-order chi connectivity index (χ0) is 22.8. The Morgan fingerprint density at radius 3 is 2.23 bits per heavy atom. The number of fused-ring (bicyclic) bond motifs is 1. The minimum atomic E-state index is -3.52. The maximum Gasteiger partial charge on any atom is 0.309 e. The lowest BCUT2D eigenvalue weighted by Gasteiger charge is -2.43. The first-order valence-electron chi connectivity index (χ1n) is 12.0. The first-order chi connectivity index (χ1) is 14.7. The van der Waals surface area contributed by atoms with E-state index in [2.05, 4.69) is 20.8 Å². The molecule has 1 aromatic rings. The Bertz CT molecular complexity index is 858. The van der Waals surface area contributed by atoms with Crippen molar-refractivity contribution in [3.63, 3.8) is 0 Å².